The molecule has 0 radical (unpaired) electrons. The first-order valence-electron chi connectivity index (χ1n) is 7.37. The molecule has 3 nitrogen and oxygen atoms in total. The highest BCUT2D eigenvalue weighted by Crippen LogP contribution is 2.18. The van der Waals surface area contributed by atoms with Crippen LogP contribution in [0.1, 0.15) is 48.9 Å². The van der Waals surface area contributed by atoms with Crippen LogP contribution in [0.4, 0.5) is 0 Å². The van der Waals surface area contributed by atoms with Gasteiger partial charge in [0.1, 0.15) is 0 Å². The predicted molar refractivity (Wildman–Crippen MR) is 80.8 cm³/mol. The van der Waals surface area contributed by atoms with Gasteiger partial charge in [-0.2, -0.15) is 0 Å². The molecule has 1 aromatic rings. The minimum absolute atomic E-state index is 0.264. The average Bonchev–Trinajstić information content (AvgIpc) is 2.91. The molecule has 1 aliphatic rings. The van der Waals surface area contributed by atoms with Gasteiger partial charge in [-0.15, -0.1) is 0 Å². The molecule has 0 spiro atoms. The van der Waals surface area contributed by atoms with Crippen molar-refractivity contribution in [2.45, 2.75) is 41.0 Å². The monoisotopic (exact) mass is 264 g/mol. The number of hydrogen-bond acceptors (Lipinski definition) is 2. The van der Waals surface area contributed by atoms with Crippen molar-refractivity contribution in [2.75, 3.05) is 19.6 Å². The van der Waals surface area contributed by atoms with Gasteiger partial charge < -0.3 is 4.57 Å². The molecule has 1 unspecified atom stereocenters. The first-order chi connectivity index (χ1) is 8.99. The van der Waals surface area contributed by atoms with Gasteiger partial charge >= 0.3 is 0 Å². The van der Waals surface area contributed by atoms with Crippen molar-refractivity contribution in [1.29, 1.82) is 0 Å². The molecule has 1 saturated heterocycles. The lowest BCUT2D eigenvalue weighted by atomic mass is 10.1. The van der Waals surface area contributed by atoms with Crippen LogP contribution >= 0.6 is 0 Å². The summed E-state index contributed by atoms with van der Waals surface area (Å²) in [5.74, 6) is 1.00. The van der Waals surface area contributed by atoms with Crippen LogP contribution < -0.4 is 0 Å². The van der Waals surface area contributed by atoms with Gasteiger partial charge in [0.15, 0.2) is 5.78 Å². The molecule has 0 N–H and O–H groups in total. The molecule has 1 aliphatic heterocycles. The van der Waals surface area contributed by atoms with E-state index in [0.717, 1.165) is 36.0 Å². The third-order valence-corrected chi connectivity index (χ3v) is 3.95. The molecule has 0 bridgehead atoms. The quantitative estimate of drug-likeness (QED) is 0.783. The smallest absolute Gasteiger partial charge is 0.178 e. The summed E-state index contributed by atoms with van der Waals surface area (Å²) in [5, 5.41) is 0. The van der Waals surface area contributed by atoms with Crippen molar-refractivity contribution in [3.8, 4) is 0 Å². The summed E-state index contributed by atoms with van der Waals surface area (Å²) in [6.45, 7) is 13.0. The predicted octanol–water partition coefficient (Wildman–Crippen LogP) is 3.19. The summed E-state index contributed by atoms with van der Waals surface area (Å²) in [5.41, 5.74) is 3.13. The van der Waals surface area contributed by atoms with Crippen LogP contribution in [0.3, 0.4) is 0 Å². The summed E-state index contributed by atoms with van der Waals surface area (Å²) >= 11 is 0. The Kier molecular flexibility index (Phi) is 5.80. The third kappa shape index (κ3) is 3.69. The highest BCUT2D eigenvalue weighted by molar-refractivity contribution is 5.99. The number of likely N-dealkylation sites (tertiary alicyclic amines) is 1. The molecule has 2 rings (SSSR count). The Hall–Kier alpha value is -1.09. The lowest BCUT2D eigenvalue weighted by Crippen LogP contribution is -2.27. The van der Waals surface area contributed by atoms with Gasteiger partial charge in [0.05, 0.1) is 6.54 Å². The molecule has 0 saturated carbocycles. The van der Waals surface area contributed by atoms with Crippen LogP contribution in [0.25, 0.3) is 0 Å². The van der Waals surface area contributed by atoms with Gasteiger partial charge in [0, 0.05) is 30.5 Å². The number of nitrogens with zero attached hydrogens (tertiary/aromatic N) is 2. The lowest BCUT2D eigenvalue weighted by Gasteiger charge is -2.13. The summed E-state index contributed by atoms with van der Waals surface area (Å²) in [6, 6.07) is 2.01. The molecule has 2 heterocycles. The van der Waals surface area contributed by atoms with Gasteiger partial charge in [0.25, 0.3) is 0 Å². The van der Waals surface area contributed by atoms with Crippen molar-refractivity contribution < 1.29 is 4.79 Å². The number of Topliss-reactive ketones (excluding diaryl/α,β-unsaturated/α-hetero) is 1. The normalized spacial score (nSPS) is 19.2. The Bertz CT molecular complexity index is 434. The van der Waals surface area contributed by atoms with Gasteiger partial charge in [-0.25, -0.2) is 0 Å². The minimum Gasteiger partial charge on any atom is -0.351 e. The van der Waals surface area contributed by atoms with Crippen LogP contribution in [-0.4, -0.2) is 34.9 Å². The molecule has 1 atom stereocenters. The standard InChI is InChI=1S/C14H22N2O.C2H6/c1-10-5-6-16(8-10)9-14(17)13-7-11(2)15(4)12(13)3;1-2/h7,10H,5-6,8-9H2,1-4H3;1-2H3. The van der Waals surface area contributed by atoms with E-state index < -0.39 is 0 Å². The molecular weight excluding hydrogens is 236 g/mol. The first-order valence-corrected chi connectivity index (χ1v) is 7.37. The summed E-state index contributed by atoms with van der Waals surface area (Å²) in [6.07, 6.45) is 1.22. The fourth-order valence-electron chi connectivity index (χ4n) is 2.60. The van der Waals surface area contributed by atoms with Crippen molar-refractivity contribution >= 4 is 5.78 Å². The molecule has 1 fully saturated rings. The second-order valence-corrected chi connectivity index (χ2v) is 5.40. The Morgan fingerprint density at radius 2 is 2.00 bits per heavy atom. The van der Waals surface area contributed by atoms with E-state index in [2.05, 4.69) is 16.4 Å². The summed E-state index contributed by atoms with van der Waals surface area (Å²) in [4.78, 5) is 14.5. The number of carbonyl (C=O) groups is 1. The van der Waals surface area contributed by atoms with Crippen LogP contribution in [-0.2, 0) is 7.05 Å². The SMILES string of the molecule is CC.Cc1cc(C(=O)CN2CCC(C)C2)c(C)n1C. The number of carbonyl (C=O) groups excluding carboxylic acids is 1. The lowest BCUT2D eigenvalue weighted by molar-refractivity contribution is 0.0943. The zero-order valence-corrected chi connectivity index (χ0v) is 13.3. The topological polar surface area (TPSA) is 25.2 Å². The zero-order valence-electron chi connectivity index (χ0n) is 13.3. The Morgan fingerprint density at radius 1 is 1.37 bits per heavy atom. The number of hydrogen-bond donors (Lipinski definition) is 0. The Morgan fingerprint density at radius 3 is 2.42 bits per heavy atom. The van der Waals surface area contributed by atoms with E-state index in [1.165, 1.54) is 6.42 Å². The van der Waals surface area contributed by atoms with E-state index in [9.17, 15) is 4.79 Å². The maximum atomic E-state index is 12.2. The first kappa shape index (κ1) is 16.0. The molecule has 0 amide bonds. The van der Waals surface area contributed by atoms with Gasteiger partial charge in [-0.05, 0) is 38.8 Å². The highest BCUT2D eigenvalue weighted by atomic mass is 16.1. The fourth-order valence-corrected chi connectivity index (χ4v) is 2.60. The fraction of sp³-hybridized carbons (Fsp3) is 0.688. The molecule has 0 aliphatic carbocycles. The summed E-state index contributed by atoms with van der Waals surface area (Å²) < 4.78 is 2.08. The molecule has 1 aromatic heterocycles. The average molecular weight is 264 g/mol. The zero-order chi connectivity index (χ0) is 14.6. The number of rotatable bonds is 3. The Labute approximate surface area is 117 Å². The molecule has 3 heteroatoms. The van der Waals surface area contributed by atoms with E-state index in [4.69, 9.17) is 0 Å². The molecule has 19 heavy (non-hydrogen) atoms. The maximum absolute atomic E-state index is 12.2. The van der Waals surface area contributed by atoms with E-state index in [1.54, 1.807) is 0 Å². The number of ketones is 1. The van der Waals surface area contributed by atoms with E-state index in [1.807, 2.05) is 40.8 Å². The second-order valence-electron chi connectivity index (χ2n) is 5.40. The number of aromatic nitrogens is 1. The van der Waals surface area contributed by atoms with Gasteiger partial charge in [0.2, 0.25) is 0 Å². The number of aryl methyl sites for hydroxylation is 1. The van der Waals surface area contributed by atoms with Crippen LogP contribution in [0.5, 0.6) is 0 Å². The third-order valence-electron chi connectivity index (χ3n) is 3.95. The van der Waals surface area contributed by atoms with Crippen LogP contribution in [0.2, 0.25) is 0 Å². The maximum Gasteiger partial charge on any atom is 0.178 e. The molecular formula is C16H28N2O. The van der Waals surface area contributed by atoms with Crippen LogP contribution in [0, 0.1) is 19.8 Å². The van der Waals surface area contributed by atoms with Crippen molar-refractivity contribution in [2.24, 2.45) is 13.0 Å². The molecule has 0 aromatic carbocycles. The van der Waals surface area contributed by atoms with E-state index in [0.29, 0.717) is 6.54 Å². The second kappa shape index (κ2) is 6.90. The van der Waals surface area contributed by atoms with Gasteiger partial charge in [-0.3, -0.25) is 9.69 Å². The molecule has 108 valence electrons. The van der Waals surface area contributed by atoms with Crippen molar-refractivity contribution in [3.63, 3.8) is 0 Å². The van der Waals surface area contributed by atoms with Crippen LogP contribution in [0.15, 0.2) is 6.07 Å². The van der Waals surface area contributed by atoms with Gasteiger partial charge in [-0.1, -0.05) is 20.8 Å². The minimum atomic E-state index is 0.264. The highest BCUT2D eigenvalue weighted by Gasteiger charge is 2.22. The van der Waals surface area contributed by atoms with Crippen molar-refractivity contribution in [1.82, 2.24) is 9.47 Å². The van der Waals surface area contributed by atoms with E-state index in [-0.39, 0.29) is 5.78 Å². The summed E-state index contributed by atoms with van der Waals surface area (Å²) in [7, 11) is 2.01. The largest absolute Gasteiger partial charge is 0.351 e. The van der Waals surface area contributed by atoms with Crippen molar-refractivity contribution in [3.05, 3.63) is 23.0 Å². The Balaban J connectivity index is 0.000000861. The van der Waals surface area contributed by atoms with E-state index >= 15 is 0 Å².